The Morgan fingerprint density at radius 1 is 0.878 bits per heavy atom. The summed E-state index contributed by atoms with van der Waals surface area (Å²) in [6.07, 6.45) is 2.38. The van der Waals surface area contributed by atoms with Crippen LogP contribution in [0.1, 0.15) is 30.9 Å². The normalized spacial score (nSPS) is 19.9. The Labute approximate surface area is 242 Å². The Bertz CT molecular complexity index is 1360. The summed E-state index contributed by atoms with van der Waals surface area (Å²) >= 11 is 0. The maximum Gasteiger partial charge on any atom is 0.318 e. The zero-order chi connectivity index (χ0) is 28.7. The summed E-state index contributed by atoms with van der Waals surface area (Å²) in [5.41, 5.74) is 1.34. The molecule has 3 aromatic carbocycles. The maximum absolute atomic E-state index is 14.3. The first kappa shape index (κ1) is 28.6. The predicted molar refractivity (Wildman–Crippen MR) is 161 cm³/mol. The molecule has 2 fully saturated rings. The average Bonchev–Trinajstić information content (AvgIpc) is 3.01. The quantitative estimate of drug-likeness (QED) is 0.398. The summed E-state index contributed by atoms with van der Waals surface area (Å²) in [4.78, 5) is 44.7. The van der Waals surface area contributed by atoms with Crippen LogP contribution in [-0.2, 0) is 22.4 Å². The minimum absolute atomic E-state index is 0.0164. The SMILES string of the molecule is CCNC(=O)[C@]1(Cc2ccccc2)CCCN(C(=O)[C@H](Cc2ccc3ccccc3c2)NC(=O)N2CCNCC2)C1. The fraction of sp³-hybridized carbons (Fsp3) is 0.424. The number of nitrogens with zero attached hydrogens (tertiary/aromatic N) is 2. The van der Waals surface area contributed by atoms with E-state index < -0.39 is 11.5 Å². The predicted octanol–water partition coefficient (Wildman–Crippen LogP) is 3.35. The smallest absolute Gasteiger partial charge is 0.318 e. The number of nitrogens with one attached hydrogen (secondary N) is 3. The average molecular weight is 556 g/mol. The maximum atomic E-state index is 14.3. The Morgan fingerprint density at radius 3 is 2.37 bits per heavy atom. The molecule has 2 aliphatic rings. The third-order valence-electron chi connectivity index (χ3n) is 8.35. The number of carbonyl (C=O) groups is 3. The van der Waals surface area contributed by atoms with Crippen LogP contribution in [0.25, 0.3) is 10.8 Å². The van der Waals surface area contributed by atoms with Gasteiger partial charge in [-0.25, -0.2) is 4.79 Å². The van der Waals surface area contributed by atoms with E-state index in [-0.39, 0.29) is 17.8 Å². The van der Waals surface area contributed by atoms with E-state index in [2.05, 4.69) is 40.2 Å². The van der Waals surface area contributed by atoms with Gasteiger partial charge in [-0.3, -0.25) is 9.59 Å². The van der Waals surface area contributed by atoms with Gasteiger partial charge in [-0.1, -0.05) is 72.8 Å². The Balaban J connectivity index is 1.40. The van der Waals surface area contributed by atoms with E-state index in [1.54, 1.807) is 4.90 Å². The number of urea groups is 1. The van der Waals surface area contributed by atoms with Crippen molar-refractivity contribution in [2.75, 3.05) is 45.8 Å². The topological polar surface area (TPSA) is 93.8 Å². The lowest BCUT2D eigenvalue weighted by atomic mass is 9.74. The van der Waals surface area contributed by atoms with E-state index in [1.807, 2.05) is 60.4 Å². The minimum atomic E-state index is -0.736. The zero-order valence-corrected chi connectivity index (χ0v) is 23.9. The molecule has 3 aromatic rings. The Kier molecular flexibility index (Phi) is 9.19. The molecule has 41 heavy (non-hydrogen) atoms. The van der Waals surface area contributed by atoms with Gasteiger partial charge >= 0.3 is 6.03 Å². The number of benzene rings is 3. The van der Waals surface area contributed by atoms with Crippen molar-refractivity contribution >= 4 is 28.6 Å². The van der Waals surface area contributed by atoms with Crippen LogP contribution < -0.4 is 16.0 Å². The van der Waals surface area contributed by atoms with E-state index in [4.69, 9.17) is 0 Å². The fourth-order valence-corrected chi connectivity index (χ4v) is 6.19. The van der Waals surface area contributed by atoms with E-state index in [0.717, 1.165) is 41.4 Å². The molecule has 216 valence electrons. The molecule has 2 aliphatic heterocycles. The molecule has 5 rings (SSSR count). The molecule has 0 saturated carbocycles. The second kappa shape index (κ2) is 13.2. The zero-order valence-electron chi connectivity index (χ0n) is 23.9. The number of likely N-dealkylation sites (tertiary alicyclic amines) is 1. The van der Waals surface area contributed by atoms with Crippen molar-refractivity contribution in [3.8, 4) is 0 Å². The first-order valence-corrected chi connectivity index (χ1v) is 14.8. The lowest BCUT2D eigenvalue weighted by Gasteiger charge is -2.43. The van der Waals surface area contributed by atoms with E-state index in [9.17, 15) is 14.4 Å². The van der Waals surface area contributed by atoms with Gasteiger partial charge in [-0.15, -0.1) is 0 Å². The van der Waals surface area contributed by atoms with Crippen molar-refractivity contribution in [2.45, 2.75) is 38.6 Å². The summed E-state index contributed by atoms with van der Waals surface area (Å²) in [6, 6.07) is 23.4. The molecular formula is C33H41N5O3. The molecule has 8 heteroatoms. The van der Waals surface area contributed by atoms with Crippen molar-refractivity contribution in [3.05, 3.63) is 83.9 Å². The van der Waals surface area contributed by atoms with Gasteiger partial charge in [0.25, 0.3) is 0 Å². The molecule has 3 N–H and O–H groups in total. The van der Waals surface area contributed by atoms with Crippen molar-refractivity contribution < 1.29 is 14.4 Å². The number of hydrogen-bond donors (Lipinski definition) is 3. The van der Waals surface area contributed by atoms with Crippen LogP contribution >= 0.6 is 0 Å². The summed E-state index contributed by atoms with van der Waals surface area (Å²) < 4.78 is 0. The number of rotatable bonds is 8. The van der Waals surface area contributed by atoms with Crippen LogP contribution in [0.3, 0.4) is 0 Å². The lowest BCUT2D eigenvalue weighted by molar-refractivity contribution is -0.142. The Morgan fingerprint density at radius 2 is 1.61 bits per heavy atom. The molecule has 0 bridgehead atoms. The van der Waals surface area contributed by atoms with Gasteiger partial charge in [-0.05, 0) is 48.1 Å². The van der Waals surface area contributed by atoms with E-state index in [1.165, 1.54) is 0 Å². The van der Waals surface area contributed by atoms with Crippen molar-refractivity contribution in [1.29, 1.82) is 0 Å². The number of carbonyl (C=O) groups excluding carboxylic acids is 3. The van der Waals surface area contributed by atoms with Crippen molar-refractivity contribution in [1.82, 2.24) is 25.8 Å². The molecule has 2 atom stereocenters. The fourth-order valence-electron chi connectivity index (χ4n) is 6.19. The van der Waals surface area contributed by atoms with Crippen LogP contribution in [0.15, 0.2) is 72.8 Å². The standard InChI is InChI=1S/C33H41N5O3/c1-2-35-31(40)33(23-25-9-4-3-5-10-25)15-8-18-38(24-33)30(39)29(36-32(41)37-19-16-34-17-20-37)22-26-13-14-27-11-6-7-12-28(27)21-26/h3-7,9-14,21,29,34H,2,8,15-20,22-24H2,1H3,(H,35,40)(H,36,41)/t29-,33-/m0/s1. The third kappa shape index (κ3) is 6.88. The van der Waals surface area contributed by atoms with E-state index in [0.29, 0.717) is 52.0 Å². The van der Waals surface area contributed by atoms with Crippen LogP contribution in [0.4, 0.5) is 4.79 Å². The monoisotopic (exact) mass is 555 g/mol. The van der Waals surface area contributed by atoms with Crippen LogP contribution in [0.5, 0.6) is 0 Å². The van der Waals surface area contributed by atoms with Crippen molar-refractivity contribution in [2.24, 2.45) is 5.41 Å². The first-order valence-electron chi connectivity index (χ1n) is 14.8. The molecule has 0 aliphatic carbocycles. The largest absolute Gasteiger partial charge is 0.356 e. The number of fused-ring (bicyclic) bond motifs is 1. The second-order valence-corrected chi connectivity index (χ2v) is 11.3. The van der Waals surface area contributed by atoms with Gasteiger partial charge in [0.2, 0.25) is 11.8 Å². The van der Waals surface area contributed by atoms with Crippen LogP contribution in [0, 0.1) is 5.41 Å². The highest BCUT2D eigenvalue weighted by Gasteiger charge is 2.44. The van der Waals surface area contributed by atoms with Crippen LogP contribution in [-0.4, -0.2) is 79.5 Å². The lowest BCUT2D eigenvalue weighted by Crippen LogP contribution is -2.60. The van der Waals surface area contributed by atoms with Gasteiger partial charge < -0.3 is 25.8 Å². The number of piperidine rings is 1. The van der Waals surface area contributed by atoms with Gasteiger partial charge in [0.05, 0.1) is 5.41 Å². The molecule has 8 nitrogen and oxygen atoms in total. The highest BCUT2D eigenvalue weighted by Crippen LogP contribution is 2.35. The minimum Gasteiger partial charge on any atom is -0.356 e. The van der Waals surface area contributed by atoms with E-state index >= 15 is 0 Å². The molecule has 0 aromatic heterocycles. The molecule has 2 heterocycles. The molecule has 0 spiro atoms. The van der Waals surface area contributed by atoms with Crippen molar-refractivity contribution in [3.63, 3.8) is 0 Å². The summed E-state index contributed by atoms with van der Waals surface area (Å²) in [5.74, 6) is -0.152. The highest BCUT2D eigenvalue weighted by molar-refractivity contribution is 5.90. The highest BCUT2D eigenvalue weighted by atomic mass is 16.2. The molecular weight excluding hydrogens is 514 g/mol. The third-order valence-corrected chi connectivity index (χ3v) is 8.35. The van der Waals surface area contributed by atoms with Gasteiger partial charge in [0.15, 0.2) is 0 Å². The first-order chi connectivity index (χ1) is 20.0. The molecule has 4 amide bonds. The second-order valence-electron chi connectivity index (χ2n) is 11.3. The number of amides is 4. The van der Waals surface area contributed by atoms with Gasteiger partial charge in [0, 0.05) is 52.2 Å². The van der Waals surface area contributed by atoms with Gasteiger partial charge in [-0.2, -0.15) is 0 Å². The number of hydrogen-bond acceptors (Lipinski definition) is 4. The number of piperazine rings is 1. The molecule has 0 radical (unpaired) electrons. The summed E-state index contributed by atoms with van der Waals surface area (Å²) in [7, 11) is 0. The summed E-state index contributed by atoms with van der Waals surface area (Å²) in [5, 5.41) is 11.6. The molecule has 2 saturated heterocycles. The van der Waals surface area contributed by atoms with Crippen LogP contribution in [0.2, 0.25) is 0 Å². The van der Waals surface area contributed by atoms with Gasteiger partial charge in [0.1, 0.15) is 6.04 Å². The summed E-state index contributed by atoms with van der Waals surface area (Å²) in [6.45, 7) is 6.01. The Hall–Kier alpha value is -3.91. The molecule has 0 unspecified atom stereocenters.